The lowest BCUT2D eigenvalue weighted by Crippen LogP contribution is -2.33. The van der Waals surface area contributed by atoms with Gasteiger partial charge in [-0.25, -0.2) is 4.98 Å². The van der Waals surface area contributed by atoms with Gasteiger partial charge in [-0.2, -0.15) is 0 Å². The molecule has 1 aliphatic rings. The molecule has 0 radical (unpaired) electrons. The van der Waals surface area contributed by atoms with Gasteiger partial charge in [-0.3, -0.25) is 4.79 Å². The molecule has 1 fully saturated rings. The van der Waals surface area contributed by atoms with Crippen LogP contribution in [0, 0.1) is 0 Å². The molecule has 0 aliphatic carbocycles. The van der Waals surface area contributed by atoms with Crippen LogP contribution < -0.4 is 0 Å². The van der Waals surface area contributed by atoms with Crippen LogP contribution >= 0.6 is 11.6 Å². The zero-order chi connectivity index (χ0) is 15.0. The number of methoxy groups -OCH3 is 1. The van der Waals surface area contributed by atoms with E-state index in [9.17, 15) is 4.79 Å². The van der Waals surface area contributed by atoms with Crippen LogP contribution in [0.4, 0.5) is 0 Å². The minimum absolute atomic E-state index is 0.0137. The molecule has 6 nitrogen and oxygen atoms in total. The molecule has 3 rings (SSSR count). The lowest BCUT2D eigenvalue weighted by Gasteiger charge is -2.23. The second kappa shape index (κ2) is 5.54. The Kier molecular flexibility index (Phi) is 3.73. The summed E-state index contributed by atoms with van der Waals surface area (Å²) >= 11 is 5.97. The van der Waals surface area contributed by atoms with Gasteiger partial charge in [0.15, 0.2) is 0 Å². The molecule has 0 bridgehead atoms. The van der Waals surface area contributed by atoms with Gasteiger partial charge in [-0.15, -0.1) is 0 Å². The largest absolute Gasteiger partial charge is 0.380 e. The molecule has 7 heteroatoms. The predicted molar refractivity (Wildman–Crippen MR) is 78.2 cm³/mol. The molecule has 1 amide bonds. The molecule has 0 spiro atoms. The fourth-order valence-electron chi connectivity index (χ4n) is 2.80. The van der Waals surface area contributed by atoms with E-state index < -0.39 is 0 Å². The van der Waals surface area contributed by atoms with E-state index in [1.165, 1.54) is 0 Å². The number of rotatable bonds is 3. The number of hydrogen-bond acceptors (Lipinski definition) is 3. The van der Waals surface area contributed by atoms with Crippen LogP contribution in [-0.2, 0) is 11.8 Å². The maximum Gasteiger partial charge on any atom is 0.271 e. The van der Waals surface area contributed by atoms with Crippen LogP contribution in [0.3, 0.4) is 0 Å². The first-order valence-electron chi connectivity index (χ1n) is 6.75. The minimum Gasteiger partial charge on any atom is -0.380 e. The fraction of sp³-hybridized carbons (Fsp3) is 0.429. The highest BCUT2D eigenvalue weighted by atomic mass is 35.5. The average Bonchev–Trinajstić information content (AvgIpc) is 3.16. The summed E-state index contributed by atoms with van der Waals surface area (Å²) in [7, 11) is 3.47. The monoisotopic (exact) mass is 308 g/mol. The standard InChI is InChI=1S/C14H17ClN4O2/c1-18-7-9(15)5-12(18)14(20)19-8-10(21-2)6-11(19)13-16-3-4-17-13/h3-5,7,10-11H,6,8H2,1-2H3,(H,16,17)/t10-,11?/m1/s1. The van der Waals surface area contributed by atoms with E-state index in [0.29, 0.717) is 17.3 Å². The van der Waals surface area contributed by atoms with Crippen LogP contribution in [0.2, 0.25) is 5.02 Å². The maximum absolute atomic E-state index is 12.8. The molecule has 1 saturated heterocycles. The second-order valence-electron chi connectivity index (χ2n) is 5.20. The summed E-state index contributed by atoms with van der Waals surface area (Å²) < 4.78 is 7.16. The van der Waals surface area contributed by atoms with Crippen molar-refractivity contribution in [3.05, 3.63) is 41.2 Å². The van der Waals surface area contributed by atoms with Crippen LogP contribution in [-0.4, -0.2) is 45.1 Å². The molecule has 112 valence electrons. The molecule has 2 aromatic rings. The number of aryl methyl sites for hydroxylation is 1. The quantitative estimate of drug-likeness (QED) is 0.943. The van der Waals surface area contributed by atoms with Crippen molar-refractivity contribution in [1.29, 1.82) is 0 Å². The van der Waals surface area contributed by atoms with E-state index in [0.717, 1.165) is 12.2 Å². The van der Waals surface area contributed by atoms with Crippen molar-refractivity contribution in [2.24, 2.45) is 7.05 Å². The zero-order valence-corrected chi connectivity index (χ0v) is 12.7. The van der Waals surface area contributed by atoms with E-state index >= 15 is 0 Å². The van der Waals surface area contributed by atoms with Crippen molar-refractivity contribution in [2.45, 2.75) is 18.6 Å². The van der Waals surface area contributed by atoms with Gasteiger partial charge < -0.3 is 19.2 Å². The highest BCUT2D eigenvalue weighted by molar-refractivity contribution is 6.31. The molecule has 0 saturated carbocycles. The minimum atomic E-state index is -0.105. The summed E-state index contributed by atoms with van der Waals surface area (Å²) in [5.41, 5.74) is 0.563. The van der Waals surface area contributed by atoms with Crippen molar-refractivity contribution in [3.63, 3.8) is 0 Å². The first kappa shape index (κ1) is 14.2. The average molecular weight is 309 g/mol. The van der Waals surface area contributed by atoms with E-state index in [-0.39, 0.29) is 18.1 Å². The molecule has 2 aromatic heterocycles. The molecule has 2 atom stereocenters. The third kappa shape index (κ3) is 2.56. The Balaban J connectivity index is 1.91. The molecule has 1 aliphatic heterocycles. The summed E-state index contributed by atoms with van der Waals surface area (Å²) in [6.07, 6.45) is 5.92. The van der Waals surface area contributed by atoms with Gasteiger partial charge in [0.1, 0.15) is 11.5 Å². The Morgan fingerprint density at radius 1 is 1.57 bits per heavy atom. The van der Waals surface area contributed by atoms with Crippen LogP contribution in [0.25, 0.3) is 0 Å². The van der Waals surface area contributed by atoms with Crippen molar-refractivity contribution >= 4 is 17.5 Å². The van der Waals surface area contributed by atoms with Crippen molar-refractivity contribution in [2.75, 3.05) is 13.7 Å². The number of carbonyl (C=O) groups excluding carboxylic acids is 1. The first-order valence-corrected chi connectivity index (χ1v) is 7.13. The molecular weight excluding hydrogens is 292 g/mol. The summed E-state index contributed by atoms with van der Waals surface area (Å²) in [4.78, 5) is 22.0. The van der Waals surface area contributed by atoms with Crippen LogP contribution in [0.1, 0.15) is 28.8 Å². The van der Waals surface area contributed by atoms with Gasteiger partial charge in [0.05, 0.1) is 17.2 Å². The fourth-order valence-corrected chi connectivity index (χ4v) is 3.05. The number of hydrogen-bond donors (Lipinski definition) is 1. The van der Waals surface area contributed by atoms with E-state index in [1.54, 1.807) is 41.2 Å². The smallest absolute Gasteiger partial charge is 0.271 e. The Hall–Kier alpha value is -1.79. The van der Waals surface area contributed by atoms with Crippen molar-refractivity contribution < 1.29 is 9.53 Å². The molecule has 21 heavy (non-hydrogen) atoms. The number of likely N-dealkylation sites (tertiary alicyclic amines) is 1. The molecule has 0 aromatic carbocycles. The molecular formula is C14H17ClN4O2. The van der Waals surface area contributed by atoms with Gasteiger partial charge in [0.2, 0.25) is 0 Å². The third-order valence-electron chi connectivity index (χ3n) is 3.88. The summed E-state index contributed by atoms with van der Waals surface area (Å²) in [6, 6.07) is 1.58. The van der Waals surface area contributed by atoms with Crippen molar-refractivity contribution in [3.8, 4) is 0 Å². The van der Waals surface area contributed by atoms with Gasteiger partial charge in [0, 0.05) is 45.7 Å². The highest BCUT2D eigenvalue weighted by Gasteiger charge is 2.38. The topological polar surface area (TPSA) is 63.1 Å². The Labute approximate surface area is 127 Å². The van der Waals surface area contributed by atoms with E-state index in [2.05, 4.69) is 9.97 Å². The lowest BCUT2D eigenvalue weighted by atomic mass is 10.2. The SMILES string of the molecule is CO[C@@H]1CC(c2ncc[nH]2)N(C(=O)c2cc(Cl)cn2C)C1. The van der Waals surface area contributed by atoms with Gasteiger partial charge in [-0.05, 0) is 6.07 Å². The molecule has 1 unspecified atom stereocenters. The maximum atomic E-state index is 12.8. The van der Waals surface area contributed by atoms with Crippen LogP contribution in [0.5, 0.6) is 0 Å². The highest BCUT2D eigenvalue weighted by Crippen LogP contribution is 2.33. The Morgan fingerprint density at radius 3 is 2.95 bits per heavy atom. The van der Waals surface area contributed by atoms with Gasteiger partial charge in [0.25, 0.3) is 5.91 Å². The zero-order valence-electron chi connectivity index (χ0n) is 11.9. The number of H-pyrrole nitrogens is 1. The number of carbonyl (C=O) groups is 1. The number of halogens is 1. The second-order valence-corrected chi connectivity index (χ2v) is 5.63. The summed E-state index contributed by atoms with van der Waals surface area (Å²) in [5.74, 6) is 0.716. The van der Waals surface area contributed by atoms with Gasteiger partial charge in [-0.1, -0.05) is 11.6 Å². The summed E-state index contributed by atoms with van der Waals surface area (Å²) in [5, 5.41) is 0.554. The number of ether oxygens (including phenoxy) is 1. The molecule has 1 N–H and O–H groups in total. The normalized spacial score (nSPS) is 22.0. The first-order chi connectivity index (χ1) is 10.1. The number of amides is 1. The number of imidazole rings is 1. The van der Waals surface area contributed by atoms with Gasteiger partial charge >= 0.3 is 0 Å². The van der Waals surface area contributed by atoms with E-state index in [1.807, 2.05) is 7.05 Å². The number of aromatic nitrogens is 3. The Bertz CT molecular complexity index is 637. The number of nitrogens with one attached hydrogen (secondary N) is 1. The third-order valence-corrected chi connectivity index (χ3v) is 4.09. The predicted octanol–water partition coefficient (Wildman–Crippen LogP) is 2.00. The summed E-state index contributed by atoms with van der Waals surface area (Å²) in [6.45, 7) is 0.545. The lowest BCUT2D eigenvalue weighted by molar-refractivity contribution is 0.0675. The Morgan fingerprint density at radius 2 is 2.38 bits per heavy atom. The molecule has 3 heterocycles. The van der Waals surface area contributed by atoms with Crippen molar-refractivity contribution in [1.82, 2.24) is 19.4 Å². The van der Waals surface area contributed by atoms with Crippen LogP contribution in [0.15, 0.2) is 24.7 Å². The number of nitrogens with zero attached hydrogens (tertiary/aromatic N) is 3. The number of aromatic amines is 1. The van der Waals surface area contributed by atoms with E-state index in [4.69, 9.17) is 16.3 Å².